The number of aromatic nitrogens is 1. The standard InChI is InChI=1S/C11H6F2NO/c12-9-2-1-3-10(11(9)13)15-8-4-6-14-7-5-8/h1-6H. The van der Waals surface area contributed by atoms with Crippen molar-refractivity contribution in [3.8, 4) is 11.5 Å². The largest absolute Gasteiger partial charge is 0.454 e. The van der Waals surface area contributed by atoms with Crippen LogP contribution in [0.15, 0.2) is 36.5 Å². The second kappa shape index (κ2) is 4.04. The number of pyridine rings is 1. The van der Waals surface area contributed by atoms with Crippen molar-refractivity contribution in [2.75, 3.05) is 0 Å². The van der Waals surface area contributed by atoms with Crippen molar-refractivity contribution >= 4 is 0 Å². The van der Waals surface area contributed by atoms with E-state index in [1.54, 1.807) is 0 Å². The van der Waals surface area contributed by atoms with Crippen molar-refractivity contribution in [3.63, 3.8) is 0 Å². The second-order valence-corrected chi connectivity index (χ2v) is 2.77. The highest BCUT2D eigenvalue weighted by Crippen LogP contribution is 2.24. The zero-order valence-corrected chi connectivity index (χ0v) is 7.58. The number of rotatable bonds is 2. The summed E-state index contributed by atoms with van der Waals surface area (Å²) < 4.78 is 31.1. The molecular formula is C11H6F2NO. The fourth-order valence-corrected chi connectivity index (χ4v) is 1.06. The smallest absolute Gasteiger partial charge is 0.201 e. The van der Waals surface area contributed by atoms with E-state index < -0.39 is 11.6 Å². The molecule has 0 N–H and O–H groups in total. The molecule has 0 saturated heterocycles. The van der Waals surface area contributed by atoms with Crippen LogP contribution in [0.4, 0.5) is 8.78 Å². The second-order valence-electron chi connectivity index (χ2n) is 2.77. The zero-order chi connectivity index (χ0) is 10.7. The Bertz CT molecular complexity index is 459. The third-order valence-electron chi connectivity index (χ3n) is 1.74. The zero-order valence-electron chi connectivity index (χ0n) is 7.58. The molecule has 0 aliphatic rings. The average molecular weight is 206 g/mol. The number of hydrogen-bond acceptors (Lipinski definition) is 2. The monoisotopic (exact) mass is 206 g/mol. The van der Waals surface area contributed by atoms with Crippen LogP contribution in [0.3, 0.4) is 0 Å². The topological polar surface area (TPSA) is 22.1 Å². The Hall–Kier alpha value is -1.97. The van der Waals surface area contributed by atoms with Crippen molar-refractivity contribution in [3.05, 3.63) is 54.4 Å². The predicted octanol–water partition coefficient (Wildman–Crippen LogP) is 2.95. The van der Waals surface area contributed by atoms with Gasteiger partial charge in [-0.05, 0) is 18.2 Å². The minimum Gasteiger partial charge on any atom is -0.454 e. The van der Waals surface area contributed by atoms with E-state index in [0.717, 1.165) is 6.07 Å². The van der Waals surface area contributed by atoms with Gasteiger partial charge in [-0.3, -0.25) is 4.98 Å². The van der Waals surface area contributed by atoms with Crippen molar-refractivity contribution < 1.29 is 13.5 Å². The summed E-state index contributed by atoms with van der Waals surface area (Å²) in [5.41, 5.74) is 0. The lowest BCUT2D eigenvalue weighted by atomic mass is 10.3. The van der Waals surface area contributed by atoms with E-state index >= 15 is 0 Å². The maximum Gasteiger partial charge on any atom is 0.201 e. The maximum absolute atomic E-state index is 13.2. The molecule has 0 atom stereocenters. The first kappa shape index (κ1) is 9.58. The van der Waals surface area contributed by atoms with Crippen LogP contribution in [-0.4, -0.2) is 4.98 Å². The van der Waals surface area contributed by atoms with E-state index in [0.29, 0.717) is 5.75 Å². The third-order valence-corrected chi connectivity index (χ3v) is 1.74. The molecule has 0 fully saturated rings. The van der Waals surface area contributed by atoms with Gasteiger partial charge in [-0.15, -0.1) is 0 Å². The highest BCUT2D eigenvalue weighted by atomic mass is 19.2. The Balaban J connectivity index is 2.29. The van der Waals surface area contributed by atoms with Crippen molar-refractivity contribution in [2.45, 2.75) is 0 Å². The van der Waals surface area contributed by atoms with Crippen LogP contribution in [0.2, 0.25) is 0 Å². The van der Waals surface area contributed by atoms with Crippen LogP contribution in [0.5, 0.6) is 11.5 Å². The Morgan fingerprint density at radius 3 is 2.80 bits per heavy atom. The molecule has 0 amide bonds. The molecule has 1 heterocycles. The highest BCUT2D eigenvalue weighted by Gasteiger charge is 2.08. The van der Waals surface area contributed by atoms with E-state index in [4.69, 9.17) is 4.74 Å². The molecule has 0 unspecified atom stereocenters. The molecule has 1 radical (unpaired) electrons. The summed E-state index contributed by atoms with van der Waals surface area (Å²) in [6, 6.07) is 6.71. The van der Waals surface area contributed by atoms with E-state index in [9.17, 15) is 8.78 Å². The number of nitrogens with zero attached hydrogens (tertiary/aromatic N) is 1. The summed E-state index contributed by atoms with van der Waals surface area (Å²) in [6.07, 6.45) is 3.98. The molecule has 0 saturated carbocycles. The van der Waals surface area contributed by atoms with Crippen LogP contribution in [0.25, 0.3) is 0 Å². The molecule has 4 heteroatoms. The summed E-state index contributed by atoms with van der Waals surface area (Å²) in [6.45, 7) is 0. The number of hydrogen-bond donors (Lipinski definition) is 0. The molecule has 75 valence electrons. The number of halogens is 2. The fourth-order valence-electron chi connectivity index (χ4n) is 1.06. The Labute approximate surface area is 85.2 Å². The van der Waals surface area contributed by atoms with Gasteiger partial charge >= 0.3 is 0 Å². The SMILES string of the molecule is Fc1cccc(Oc2c[c]ncc2)c1F. The molecule has 2 aromatic rings. The van der Waals surface area contributed by atoms with Crippen LogP contribution < -0.4 is 4.74 Å². The molecule has 0 aliphatic carbocycles. The summed E-state index contributed by atoms with van der Waals surface area (Å²) in [5, 5.41) is 0. The van der Waals surface area contributed by atoms with Crippen molar-refractivity contribution in [1.29, 1.82) is 0 Å². The van der Waals surface area contributed by atoms with Gasteiger partial charge in [0.05, 0.1) is 6.20 Å². The number of ether oxygens (including phenoxy) is 1. The normalized spacial score (nSPS) is 10.0. The van der Waals surface area contributed by atoms with Gasteiger partial charge in [-0.2, -0.15) is 4.39 Å². The molecule has 2 rings (SSSR count). The summed E-state index contributed by atoms with van der Waals surface area (Å²) in [4.78, 5) is 3.65. The van der Waals surface area contributed by atoms with Crippen LogP contribution in [0.1, 0.15) is 0 Å². The van der Waals surface area contributed by atoms with Gasteiger partial charge in [-0.25, -0.2) is 4.39 Å². The Kier molecular flexibility index (Phi) is 2.58. The summed E-state index contributed by atoms with van der Waals surface area (Å²) in [7, 11) is 0. The van der Waals surface area contributed by atoms with Crippen molar-refractivity contribution in [1.82, 2.24) is 4.98 Å². The highest BCUT2D eigenvalue weighted by molar-refractivity contribution is 5.31. The van der Waals surface area contributed by atoms with Gasteiger partial charge in [0.2, 0.25) is 5.82 Å². The molecule has 1 aromatic carbocycles. The van der Waals surface area contributed by atoms with E-state index in [2.05, 4.69) is 11.2 Å². The lowest BCUT2D eigenvalue weighted by Crippen LogP contribution is -1.91. The number of benzene rings is 1. The molecule has 0 aliphatic heterocycles. The Morgan fingerprint density at radius 1 is 1.20 bits per heavy atom. The molecule has 1 aromatic heterocycles. The van der Waals surface area contributed by atoms with Crippen LogP contribution in [-0.2, 0) is 0 Å². The Morgan fingerprint density at radius 2 is 2.07 bits per heavy atom. The third kappa shape index (κ3) is 2.10. The van der Waals surface area contributed by atoms with E-state index in [-0.39, 0.29) is 5.75 Å². The van der Waals surface area contributed by atoms with Gasteiger partial charge in [0.15, 0.2) is 11.6 Å². The summed E-state index contributed by atoms with van der Waals surface area (Å²) >= 11 is 0. The van der Waals surface area contributed by atoms with Crippen LogP contribution in [0, 0.1) is 17.8 Å². The van der Waals surface area contributed by atoms with Gasteiger partial charge in [0.25, 0.3) is 0 Å². The van der Waals surface area contributed by atoms with Gasteiger partial charge in [0, 0.05) is 12.3 Å². The minimum atomic E-state index is -1.01. The first-order valence-corrected chi connectivity index (χ1v) is 4.21. The van der Waals surface area contributed by atoms with E-state index in [1.807, 2.05) is 0 Å². The van der Waals surface area contributed by atoms with Gasteiger partial charge in [0.1, 0.15) is 5.75 Å². The quantitative estimate of drug-likeness (QED) is 0.753. The van der Waals surface area contributed by atoms with Gasteiger partial charge in [-0.1, -0.05) is 6.07 Å². The lowest BCUT2D eigenvalue weighted by molar-refractivity contribution is 0.415. The maximum atomic E-state index is 13.2. The van der Waals surface area contributed by atoms with Crippen molar-refractivity contribution in [2.24, 2.45) is 0 Å². The molecule has 0 spiro atoms. The minimum absolute atomic E-state index is 0.158. The summed E-state index contributed by atoms with van der Waals surface area (Å²) in [5.74, 6) is -1.75. The molecular weight excluding hydrogens is 200 g/mol. The first-order chi connectivity index (χ1) is 7.27. The first-order valence-electron chi connectivity index (χ1n) is 4.21. The van der Waals surface area contributed by atoms with Crippen LogP contribution >= 0.6 is 0 Å². The lowest BCUT2D eigenvalue weighted by Gasteiger charge is -2.05. The molecule has 2 nitrogen and oxygen atoms in total. The van der Waals surface area contributed by atoms with E-state index in [1.165, 1.54) is 30.5 Å². The molecule has 15 heavy (non-hydrogen) atoms. The van der Waals surface area contributed by atoms with Gasteiger partial charge < -0.3 is 4.74 Å². The average Bonchev–Trinajstić information content (AvgIpc) is 2.26. The predicted molar refractivity (Wildman–Crippen MR) is 49.5 cm³/mol. The fraction of sp³-hybridized carbons (Fsp3) is 0. The molecule has 0 bridgehead atoms.